The van der Waals surface area contributed by atoms with Crippen LogP contribution in [0.2, 0.25) is 0 Å². The number of primary sulfonamides is 1. The molecule has 20 heavy (non-hydrogen) atoms. The summed E-state index contributed by atoms with van der Waals surface area (Å²) in [6, 6.07) is 9.10. The minimum absolute atomic E-state index is 0.0179. The summed E-state index contributed by atoms with van der Waals surface area (Å²) in [5, 5.41) is 17.6. The predicted octanol–water partition coefficient (Wildman–Crippen LogP) is 1.68. The molecular formula is C14H19N3O2S. The molecule has 1 aliphatic rings. The Bertz CT molecular complexity index is 622. The van der Waals surface area contributed by atoms with Gasteiger partial charge in [-0.05, 0) is 37.5 Å². The van der Waals surface area contributed by atoms with Crippen LogP contribution in [0.15, 0.2) is 29.2 Å². The fraction of sp³-hybridized carbons (Fsp3) is 0.500. The summed E-state index contributed by atoms with van der Waals surface area (Å²) in [6.45, 7) is 1.97. The van der Waals surface area contributed by atoms with Crippen molar-refractivity contribution in [1.82, 2.24) is 5.32 Å². The van der Waals surface area contributed by atoms with Crippen LogP contribution >= 0.6 is 0 Å². The summed E-state index contributed by atoms with van der Waals surface area (Å²) in [5.74, 6) is 0.0406. The number of nitrogens with two attached hydrogens (primary N) is 1. The molecular weight excluding hydrogens is 274 g/mol. The smallest absolute Gasteiger partial charge is 0.238 e. The van der Waals surface area contributed by atoms with Gasteiger partial charge in [-0.25, -0.2) is 13.6 Å². The summed E-state index contributed by atoms with van der Waals surface area (Å²) in [6.07, 6.45) is 2.97. The van der Waals surface area contributed by atoms with E-state index in [0.29, 0.717) is 0 Å². The molecule has 0 heterocycles. The fourth-order valence-corrected chi connectivity index (χ4v) is 3.26. The Morgan fingerprint density at radius 3 is 2.85 bits per heavy atom. The van der Waals surface area contributed by atoms with E-state index >= 15 is 0 Å². The van der Waals surface area contributed by atoms with Crippen LogP contribution in [0.25, 0.3) is 0 Å². The molecule has 1 aliphatic carbocycles. The van der Waals surface area contributed by atoms with Gasteiger partial charge in [-0.3, -0.25) is 0 Å². The summed E-state index contributed by atoms with van der Waals surface area (Å²) >= 11 is 0. The topological polar surface area (TPSA) is 96.0 Å². The first-order valence-corrected chi connectivity index (χ1v) is 8.25. The molecule has 0 saturated heterocycles. The Hall–Kier alpha value is -1.42. The van der Waals surface area contributed by atoms with Crippen LogP contribution in [0, 0.1) is 17.2 Å². The van der Waals surface area contributed by atoms with E-state index < -0.39 is 10.0 Å². The molecule has 1 saturated carbocycles. The molecule has 0 amide bonds. The van der Waals surface area contributed by atoms with Gasteiger partial charge in [0, 0.05) is 12.1 Å². The number of nitrogens with zero attached hydrogens (tertiary/aromatic N) is 1. The Kier molecular flexibility index (Phi) is 4.43. The third-order valence-corrected chi connectivity index (χ3v) is 4.74. The maximum atomic E-state index is 11.4. The minimum atomic E-state index is -3.68. The van der Waals surface area contributed by atoms with Crippen LogP contribution in [-0.2, 0) is 10.0 Å². The van der Waals surface area contributed by atoms with E-state index in [0.717, 1.165) is 24.8 Å². The number of benzene rings is 1. The predicted molar refractivity (Wildman–Crippen MR) is 76.1 cm³/mol. The molecule has 3 N–H and O–H groups in total. The van der Waals surface area contributed by atoms with Gasteiger partial charge in [-0.2, -0.15) is 5.26 Å². The molecule has 1 aromatic rings. The fourth-order valence-electron chi connectivity index (χ4n) is 2.69. The second-order valence-corrected chi connectivity index (χ2v) is 6.84. The highest BCUT2D eigenvalue weighted by Crippen LogP contribution is 2.27. The number of nitrogens with one attached hydrogen (secondary N) is 1. The van der Waals surface area contributed by atoms with E-state index in [-0.39, 0.29) is 22.9 Å². The second kappa shape index (κ2) is 5.92. The van der Waals surface area contributed by atoms with Gasteiger partial charge in [0.05, 0.1) is 16.9 Å². The van der Waals surface area contributed by atoms with Gasteiger partial charge in [-0.1, -0.05) is 18.6 Å². The van der Waals surface area contributed by atoms with Gasteiger partial charge in [0.1, 0.15) is 0 Å². The van der Waals surface area contributed by atoms with Crippen molar-refractivity contribution in [2.75, 3.05) is 0 Å². The Morgan fingerprint density at radius 2 is 2.20 bits per heavy atom. The SMILES string of the molecule is CC(NC1CCCC1C#N)c1cccc(S(N)(=O)=O)c1. The van der Waals surface area contributed by atoms with Gasteiger partial charge in [0.2, 0.25) is 10.0 Å². The monoisotopic (exact) mass is 293 g/mol. The highest BCUT2D eigenvalue weighted by Gasteiger charge is 2.28. The normalized spacial score (nSPS) is 24.2. The third kappa shape index (κ3) is 3.37. The van der Waals surface area contributed by atoms with Gasteiger partial charge in [0.15, 0.2) is 0 Å². The number of rotatable bonds is 4. The van der Waals surface area contributed by atoms with E-state index in [9.17, 15) is 8.42 Å². The summed E-state index contributed by atoms with van der Waals surface area (Å²) in [4.78, 5) is 0.118. The molecule has 0 radical (unpaired) electrons. The maximum absolute atomic E-state index is 11.4. The van der Waals surface area contributed by atoms with Crippen molar-refractivity contribution in [2.45, 2.75) is 43.2 Å². The van der Waals surface area contributed by atoms with Crippen LogP contribution < -0.4 is 10.5 Å². The van der Waals surface area contributed by atoms with Crippen LogP contribution in [0.1, 0.15) is 37.8 Å². The first kappa shape index (κ1) is 15.0. The van der Waals surface area contributed by atoms with E-state index in [2.05, 4.69) is 11.4 Å². The van der Waals surface area contributed by atoms with Gasteiger partial charge in [-0.15, -0.1) is 0 Å². The van der Waals surface area contributed by atoms with Crippen LogP contribution in [0.5, 0.6) is 0 Å². The lowest BCUT2D eigenvalue weighted by Gasteiger charge is -2.22. The molecule has 0 aromatic heterocycles. The largest absolute Gasteiger partial charge is 0.306 e. The van der Waals surface area contributed by atoms with Gasteiger partial charge >= 0.3 is 0 Å². The molecule has 3 atom stereocenters. The van der Waals surface area contributed by atoms with Gasteiger partial charge < -0.3 is 5.32 Å². The zero-order valence-corrected chi connectivity index (χ0v) is 12.2. The Balaban J connectivity index is 2.14. The van der Waals surface area contributed by atoms with Crippen molar-refractivity contribution in [1.29, 1.82) is 5.26 Å². The zero-order valence-electron chi connectivity index (χ0n) is 11.4. The van der Waals surface area contributed by atoms with Crippen molar-refractivity contribution in [2.24, 2.45) is 11.1 Å². The summed E-state index contributed by atoms with van der Waals surface area (Å²) in [7, 11) is -3.68. The zero-order chi connectivity index (χ0) is 14.8. The highest BCUT2D eigenvalue weighted by molar-refractivity contribution is 7.89. The van der Waals surface area contributed by atoms with E-state index in [1.54, 1.807) is 12.1 Å². The lowest BCUT2D eigenvalue weighted by molar-refractivity contribution is 0.417. The van der Waals surface area contributed by atoms with Crippen LogP contribution in [0.3, 0.4) is 0 Å². The summed E-state index contributed by atoms with van der Waals surface area (Å²) < 4.78 is 22.7. The third-order valence-electron chi connectivity index (χ3n) is 3.83. The van der Waals surface area contributed by atoms with E-state index in [4.69, 9.17) is 10.4 Å². The van der Waals surface area contributed by atoms with Crippen molar-refractivity contribution >= 4 is 10.0 Å². The van der Waals surface area contributed by atoms with Crippen molar-refractivity contribution in [3.63, 3.8) is 0 Å². The number of hydrogen-bond donors (Lipinski definition) is 2. The van der Waals surface area contributed by atoms with E-state index in [1.165, 1.54) is 6.07 Å². The molecule has 2 rings (SSSR count). The van der Waals surface area contributed by atoms with Crippen LogP contribution in [-0.4, -0.2) is 14.5 Å². The Morgan fingerprint density at radius 1 is 1.45 bits per heavy atom. The summed E-state index contributed by atoms with van der Waals surface area (Å²) in [5.41, 5.74) is 0.861. The first-order chi connectivity index (χ1) is 9.41. The molecule has 1 aromatic carbocycles. The molecule has 3 unspecified atom stereocenters. The van der Waals surface area contributed by atoms with E-state index in [1.807, 2.05) is 13.0 Å². The molecule has 108 valence electrons. The minimum Gasteiger partial charge on any atom is -0.306 e. The average molecular weight is 293 g/mol. The highest BCUT2D eigenvalue weighted by atomic mass is 32.2. The quantitative estimate of drug-likeness (QED) is 0.882. The lowest BCUT2D eigenvalue weighted by Crippen LogP contribution is -2.34. The van der Waals surface area contributed by atoms with Crippen molar-refractivity contribution in [3.8, 4) is 6.07 Å². The standard InChI is InChI=1S/C14H19N3O2S/c1-10(17-14-7-3-5-12(14)9-15)11-4-2-6-13(8-11)20(16,18)19/h2,4,6,8,10,12,14,17H,3,5,7H2,1H3,(H2,16,18,19). The number of sulfonamides is 1. The van der Waals surface area contributed by atoms with Gasteiger partial charge in [0.25, 0.3) is 0 Å². The molecule has 0 spiro atoms. The number of hydrogen-bond acceptors (Lipinski definition) is 4. The molecule has 5 nitrogen and oxygen atoms in total. The average Bonchev–Trinajstić information content (AvgIpc) is 2.85. The molecule has 1 fully saturated rings. The molecule has 0 aliphatic heterocycles. The van der Waals surface area contributed by atoms with Crippen LogP contribution in [0.4, 0.5) is 0 Å². The first-order valence-electron chi connectivity index (χ1n) is 6.70. The van der Waals surface area contributed by atoms with Crippen molar-refractivity contribution in [3.05, 3.63) is 29.8 Å². The maximum Gasteiger partial charge on any atom is 0.238 e. The molecule has 6 heteroatoms. The van der Waals surface area contributed by atoms with Crippen molar-refractivity contribution < 1.29 is 8.42 Å². The lowest BCUT2D eigenvalue weighted by atomic mass is 10.0. The Labute approximate surface area is 119 Å². The second-order valence-electron chi connectivity index (χ2n) is 5.28. The molecule has 0 bridgehead atoms. The number of nitriles is 1.